The van der Waals surface area contributed by atoms with E-state index in [1.54, 1.807) is 12.0 Å². The van der Waals surface area contributed by atoms with Gasteiger partial charge in [-0.1, -0.05) is 13.3 Å². The molecule has 0 bridgehead atoms. The molecule has 0 aromatic carbocycles. The van der Waals surface area contributed by atoms with Crippen molar-refractivity contribution < 1.29 is 19.4 Å². The minimum absolute atomic E-state index is 0.183. The van der Waals surface area contributed by atoms with Gasteiger partial charge in [-0.3, -0.25) is 4.79 Å². The summed E-state index contributed by atoms with van der Waals surface area (Å²) >= 11 is 0. The zero-order chi connectivity index (χ0) is 15.2. The first-order valence-corrected chi connectivity index (χ1v) is 7.22. The molecule has 116 valence electrons. The summed E-state index contributed by atoms with van der Waals surface area (Å²) in [6.07, 6.45) is 3.19. The van der Waals surface area contributed by atoms with Crippen LogP contribution in [0.25, 0.3) is 0 Å². The number of carboxylic acids is 1. The van der Waals surface area contributed by atoms with Crippen LogP contribution in [0.4, 0.5) is 4.79 Å². The van der Waals surface area contributed by atoms with Crippen LogP contribution >= 0.6 is 0 Å². The smallest absolute Gasteiger partial charge is 0.317 e. The molecule has 1 aliphatic rings. The monoisotopic (exact) mass is 286 g/mol. The van der Waals surface area contributed by atoms with Crippen molar-refractivity contribution in [3.05, 3.63) is 0 Å². The quantitative estimate of drug-likeness (QED) is 0.779. The Balaban J connectivity index is 2.47. The van der Waals surface area contributed by atoms with Crippen LogP contribution in [0.1, 0.15) is 39.5 Å². The second-order valence-corrected chi connectivity index (χ2v) is 5.69. The molecular formula is C14H26N2O4. The Kier molecular flexibility index (Phi) is 6.26. The Morgan fingerprint density at radius 3 is 2.75 bits per heavy atom. The van der Waals surface area contributed by atoms with Gasteiger partial charge in [0.2, 0.25) is 0 Å². The van der Waals surface area contributed by atoms with Gasteiger partial charge in [0, 0.05) is 20.2 Å². The second kappa shape index (κ2) is 7.47. The van der Waals surface area contributed by atoms with E-state index in [1.807, 2.05) is 13.8 Å². The number of methoxy groups -OCH3 is 1. The second-order valence-electron chi connectivity index (χ2n) is 5.69. The molecular weight excluding hydrogens is 260 g/mol. The van der Waals surface area contributed by atoms with Gasteiger partial charge in [-0.15, -0.1) is 0 Å². The lowest BCUT2D eigenvalue weighted by Gasteiger charge is -2.39. The molecule has 6 heteroatoms. The molecule has 2 amide bonds. The third kappa shape index (κ3) is 4.67. The number of nitrogens with zero attached hydrogens (tertiary/aromatic N) is 1. The maximum Gasteiger partial charge on any atom is 0.317 e. The molecule has 0 saturated carbocycles. The number of aliphatic carboxylic acids is 1. The fraction of sp³-hybridized carbons (Fsp3) is 0.857. The van der Waals surface area contributed by atoms with Crippen molar-refractivity contribution in [1.82, 2.24) is 10.2 Å². The maximum absolute atomic E-state index is 12.1. The van der Waals surface area contributed by atoms with Crippen LogP contribution in [0.2, 0.25) is 0 Å². The molecule has 1 aliphatic heterocycles. The van der Waals surface area contributed by atoms with E-state index in [4.69, 9.17) is 9.84 Å². The number of piperidine rings is 1. The SMILES string of the molecule is CCCC(CNC(=O)N1CCCC(C)(OC)C1)C(=O)O. The maximum atomic E-state index is 12.1. The van der Waals surface area contributed by atoms with Gasteiger partial charge in [0.15, 0.2) is 0 Å². The molecule has 0 spiro atoms. The summed E-state index contributed by atoms with van der Waals surface area (Å²) in [5, 5.41) is 11.8. The topological polar surface area (TPSA) is 78.9 Å². The van der Waals surface area contributed by atoms with Crippen LogP contribution in [0.15, 0.2) is 0 Å². The number of nitrogens with one attached hydrogen (secondary N) is 1. The van der Waals surface area contributed by atoms with E-state index >= 15 is 0 Å². The predicted molar refractivity (Wildman–Crippen MR) is 75.7 cm³/mol. The first kappa shape index (κ1) is 16.8. The van der Waals surface area contributed by atoms with Crippen LogP contribution in [0.5, 0.6) is 0 Å². The summed E-state index contributed by atoms with van der Waals surface area (Å²) in [6.45, 7) is 5.34. The van der Waals surface area contributed by atoms with Gasteiger partial charge >= 0.3 is 12.0 Å². The molecule has 2 atom stereocenters. The molecule has 2 N–H and O–H groups in total. The number of carbonyl (C=O) groups excluding carboxylic acids is 1. The number of carbonyl (C=O) groups is 2. The van der Waals surface area contributed by atoms with E-state index < -0.39 is 11.9 Å². The van der Waals surface area contributed by atoms with E-state index in [9.17, 15) is 9.59 Å². The van der Waals surface area contributed by atoms with Crippen LogP contribution in [0.3, 0.4) is 0 Å². The molecule has 0 aromatic rings. The highest BCUT2D eigenvalue weighted by atomic mass is 16.5. The molecule has 1 fully saturated rings. The number of hydrogen-bond donors (Lipinski definition) is 2. The standard InChI is InChI=1S/C14H26N2O4/c1-4-6-11(12(17)18)9-15-13(19)16-8-5-7-14(2,10-16)20-3/h11H,4-10H2,1-3H3,(H,15,19)(H,17,18). The summed E-state index contributed by atoms with van der Waals surface area (Å²) in [4.78, 5) is 24.8. The van der Waals surface area contributed by atoms with E-state index in [2.05, 4.69) is 5.32 Å². The molecule has 2 unspecified atom stereocenters. The lowest BCUT2D eigenvalue weighted by Crippen LogP contribution is -2.53. The van der Waals surface area contributed by atoms with E-state index in [1.165, 1.54) is 0 Å². The molecule has 0 aliphatic carbocycles. The number of hydrogen-bond acceptors (Lipinski definition) is 3. The Morgan fingerprint density at radius 2 is 2.20 bits per heavy atom. The molecule has 1 saturated heterocycles. The van der Waals surface area contributed by atoms with Gasteiger partial charge in [-0.25, -0.2) is 4.79 Å². The fourth-order valence-corrected chi connectivity index (χ4v) is 2.53. The first-order valence-electron chi connectivity index (χ1n) is 7.22. The molecule has 0 radical (unpaired) electrons. The molecule has 6 nitrogen and oxygen atoms in total. The molecule has 20 heavy (non-hydrogen) atoms. The van der Waals surface area contributed by atoms with Gasteiger partial charge < -0.3 is 20.1 Å². The predicted octanol–water partition coefficient (Wildman–Crippen LogP) is 1.70. The van der Waals surface area contributed by atoms with Crippen molar-refractivity contribution in [3.63, 3.8) is 0 Å². The zero-order valence-corrected chi connectivity index (χ0v) is 12.6. The largest absolute Gasteiger partial charge is 0.481 e. The average molecular weight is 286 g/mol. The Labute approximate surface area is 120 Å². The van der Waals surface area contributed by atoms with Gasteiger partial charge in [-0.2, -0.15) is 0 Å². The molecule has 1 heterocycles. The van der Waals surface area contributed by atoms with Crippen molar-refractivity contribution in [2.24, 2.45) is 5.92 Å². The van der Waals surface area contributed by atoms with E-state index in [0.29, 0.717) is 19.5 Å². The van der Waals surface area contributed by atoms with Crippen molar-refractivity contribution in [3.8, 4) is 0 Å². The summed E-state index contributed by atoms with van der Waals surface area (Å²) in [6, 6.07) is -0.199. The number of likely N-dealkylation sites (tertiary alicyclic amines) is 1. The minimum atomic E-state index is -0.854. The first-order chi connectivity index (χ1) is 9.41. The van der Waals surface area contributed by atoms with Crippen LogP contribution in [-0.4, -0.2) is 54.4 Å². The highest BCUT2D eigenvalue weighted by molar-refractivity contribution is 5.76. The highest BCUT2D eigenvalue weighted by Crippen LogP contribution is 2.23. The zero-order valence-electron chi connectivity index (χ0n) is 12.6. The van der Waals surface area contributed by atoms with Crippen molar-refractivity contribution >= 4 is 12.0 Å². The number of carboxylic acid groups (broad SMARTS) is 1. The van der Waals surface area contributed by atoms with Crippen molar-refractivity contribution in [1.29, 1.82) is 0 Å². The average Bonchev–Trinajstić information content (AvgIpc) is 2.42. The Hall–Kier alpha value is -1.30. The summed E-state index contributed by atoms with van der Waals surface area (Å²) in [7, 11) is 1.66. The number of amides is 2. The molecule has 1 rings (SSSR count). The summed E-state index contributed by atoms with van der Waals surface area (Å²) < 4.78 is 5.45. The minimum Gasteiger partial charge on any atom is -0.481 e. The fourth-order valence-electron chi connectivity index (χ4n) is 2.53. The van der Waals surface area contributed by atoms with Gasteiger partial charge in [0.1, 0.15) is 0 Å². The van der Waals surface area contributed by atoms with E-state index in [0.717, 1.165) is 19.3 Å². The lowest BCUT2D eigenvalue weighted by molar-refractivity contribution is -0.141. The molecule has 0 aromatic heterocycles. The number of rotatable bonds is 6. The van der Waals surface area contributed by atoms with E-state index in [-0.39, 0.29) is 18.2 Å². The van der Waals surface area contributed by atoms with Crippen LogP contribution in [0, 0.1) is 5.92 Å². The van der Waals surface area contributed by atoms with Crippen LogP contribution in [-0.2, 0) is 9.53 Å². The number of ether oxygens (including phenoxy) is 1. The van der Waals surface area contributed by atoms with Gasteiger partial charge in [0.25, 0.3) is 0 Å². The van der Waals surface area contributed by atoms with Gasteiger partial charge in [-0.05, 0) is 26.2 Å². The summed E-state index contributed by atoms with van der Waals surface area (Å²) in [5.74, 6) is -1.37. The van der Waals surface area contributed by atoms with Crippen molar-refractivity contribution in [2.75, 3.05) is 26.7 Å². The highest BCUT2D eigenvalue weighted by Gasteiger charge is 2.33. The Morgan fingerprint density at radius 1 is 1.50 bits per heavy atom. The third-order valence-corrected chi connectivity index (χ3v) is 3.93. The summed E-state index contributed by atoms with van der Waals surface area (Å²) in [5.41, 5.74) is -0.300. The van der Waals surface area contributed by atoms with Crippen molar-refractivity contribution in [2.45, 2.75) is 45.1 Å². The van der Waals surface area contributed by atoms with Gasteiger partial charge in [0.05, 0.1) is 18.1 Å². The third-order valence-electron chi connectivity index (χ3n) is 3.93. The van der Waals surface area contributed by atoms with Crippen LogP contribution < -0.4 is 5.32 Å². The number of urea groups is 1. The normalized spacial score (nSPS) is 24.2. The lowest BCUT2D eigenvalue weighted by atomic mass is 9.95. The Bertz CT molecular complexity index is 348.